The zero-order valence-electron chi connectivity index (χ0n) is 9.30. The van der Waals surface area contributed by atoms with Gasteiger partial charge in [0.05, 0.1) is 25.4 Å². The predicted molar refractivity (Wildman–Crippen MR) is 58.5 cm³/mol. The second-order valence-electron chi connectivity index (χ2n) is 3.40. The van der Waals surface area contributed by atoms with Gasteiger partial charge in [-0.1, -0.05) is 6.92 Å². The van der Waals surface area contributed by atoms with Crippen LogP contribution >= 0.6 is 0 Å². The molecule has 0 aliphatic heterocycles. The second kappa shape index (κ2) is 5.89. The molecule has 6 nitrogen and oxygen atoms in total. The van der Waals surface area contributed by atoms with E-state index in [0.717, 1.165) is 0 Å². The average Bonchev–Trinajstić information content (AvgIpc) is 2.29. The number of carboxylic acid groups (broad SMARTS) is 1. The van der Waals surface area contributed by atoms with E-state index in [9.17, 15) is 4.79 Å². The fourth-order valence-electron chi connectivity index (χ4n) is 1.07. The number of aliphatic carboxylic acids is 1. The first-order valence-corrected chi connectivity index (χ1v) is 4.96. The smallest absolute Gasteiger partial charge is 0.306 e. The normalized spacial score (nSPS) is 11.9. The van der Waals surface area contributed by atoms with Gasteiger partial charge in [-0.3, -0.25) is 9.78 Å². The van der Waals surface area contributed by atoms with Gasteiger partial charge in [-0.05, 0) is 6.42 Å². The van der Waals surface area contributed by atoms with Gasteiger partial charge in [-0.2, -0.15) is 4.98 Å². The molecule has 1 aromatic rings. The molecule has 0 amide bonds. The molecular weight excluding hydrogens is 210 g/mol. The van der Waals surface area contributed by atoms with Crippen molar-refractivity contribution in [3.63, 3.8) is 0 Å². The molecule has 2 N–H and O–H groups in total. The maximum absolute atomic E-state index is 10.6. The van der Waals surface area contributed by atoms with Crippen molar-refractivity contribution < 1.29 is 14.6 Å². The molecule has 6 heteroatoms. The summed E-state index contributed by atoms with van der Waals surface area (Å²) in [5, 5.41) is 11.7. The summed E-state index contributed by atoms with van der Waals surface area (Å²) < 4.78 is 4.91. The van der Waals surface area contributed by atoms with Crippen LogP contribution in [0.1, 0.15) is 13.3 Å². The van der Waals surface area contributed by atoms with Crippen LogP contribution in [-0.4, -0.2) is 34.7 Å². The van der Waals surface area contributed by atoms with Gasteiger partial charge in [0.2, 0.25) is 5.88 Å². The van der Waals surface area contributed by atoms with Crippen LogP contribution in [0.25, 0.3) is 0 Å². The fourth-order valence-corrected chi connectivity index (χ4v) is 1.07. The third-order valence-corrected chi connectivity index (χ3v) is 2.13. The van der Waals surface area contributed by atoms with E-state index in [2.05, 4.69) is 15.3 Å². The SMILES string of the molecule is COc1cncc(NCCC(C)C(=O)O)n1. The quantitative estimate of drug-likeness (QED) is 0.751. The van der Waals surface area contributed by atoms with Crippen molar-refractivity contribution in [2.45, 2.75) is 13.3 Å². The summed E-state index contributed by atoms with van der Waals surface area (Å²) in [6.07, 6.45) is 3.60. The Balaban J connectivity index is 2.39. The van der Waals surface area contributed by atoms with E-state index in [-0.39, 0.29) is 5.92 Å². The van der Waals surface area contributed by atoms with Gasteiger partial charge in [0, 0.05) is 6.54 Å². The Labute approximate surface area is 93.7 Å². The van der Waals surface area contributed by atoms with Crippen molar-refractivity contribution in [2.75, 3.05) is 19.0 Å². The maximum atomic E-state index is 10.6. The van der Waals surface area contributed by atoms with Crippen molar-refractivity contribution in [3.05, 3.63) is 12.4 Å². The summed E-state index contributed by atoms with van der Waals surface area (Å²) >= 11 is 0. The van der Waals surface area contributed by atoms with Gasteiger partial charge in [0.25, 0.3) is 0 Å². The molecule has 16 heavy (non-hydrogen) atoms. The zero-order valence-corrected chi connectivity index (χ0v) is 9.30. The Kier molecular flexibility index (Phi) is 4.50. The number of ether oxygens (including phenoxy) is 1. The lowest BCUT2D eigenvalue weighted by Crippen LogP contribution is -2.15. The highest BCUT2D eigenvalue weighted by Crippen LogP contribution is 2.09. The fraction of sp³-hybridized carbons (Fsp3) is 0.500. The lowest BCUT2D eigenvalue weighted by molar-refractivity contribution is -0.141. The van der Waals surface area contributed by atoms with E-state index in [1.807, 2.05) is 0 Å². The number of nitrogens with one attached hydrogen (secondary N) is 1. The summed E-state index contributed by atoms with van der Waals surface area (Å²) in [7, 11) is 1.51. The molecule has 0 saturated carbocycles. The average molecular weight is 225 g/mol. The van der Waals surface area contributed by atoms with Crippen molar-refractivity contribution in [1.82, 2.24) is 9.97 Å². The maximum Gasteiger partial charge on any atom is 0.306 e. The molecule has 1 aromatic heterocycles. The number of carboxylic acids is 1. The molecule has 88 valence electrons. The number of aromatic nitrogens is 2. The number of carbonyl (C=O) groups is 1. The Bertz CT molecular complexity index is 357. The molecule has 0 radical (unpaired) electrons. The van der Waals surface area contributed by atoms with E-state index < -0.39 is 5.97 Å². The zero-order chi connectivity index (χ0) is 12.0. The number of hydrogen-bond acceptors (Lipinski definition) is 5. The Hall–Kier alpha value is -1.85. The van der Waals surface area contributed by atoms with Gasteiger partial charge in [0.1, 0.15) is 5.82 Å². The molecule has 1 unspecified atom stereocenters. The number of nitrogens with zero attached hydrogens (tertiary/aromatic N) is 2. The molecule has 1 atom stereocenters. The number of hydrogen-bond donors (Lipinski definition) is 2. The third kappa shape index (κ3) is 3.72. The minimum atomic E-state index is -0.793. The molecule has 0 aliphatic carbocycles. The molecule has 0 spiro atoms. The first-order valence-electron chi connectivity index (χ1n) is 4.96. The van der Waals surface area contributed by atoms with Crippen LogP contribution in [0.2, 0.25) is 0 Å². The summed E-state index contributed by atoms with van der Waals surface area (Å²) in [6, 6.07) is 0. The van der Waals surface area contributed by atoms with Crippen LogP contribution in [-0.2, 0) is 4.79 Å². The number of methoxy groups -OCH3 is 1. The van der Waals surface area contributed by atoms with Crippen LogP contribution < -0.4 is 10.1 Å². The predicted octanol–water partition coefficient (Wildman–Crippen LogP) is 1.01. The van der Waals surface area contributed by atoms with Crippen molar-refractivity contribution in [2.24, 2.45) is 5.92 Å². The summed E-state index contributed by atoms with van der Waals surface area (Å²) in [5.41, 5.74) is 0. The molecule has 1 heterocycles. The first kappa shape index (κ1) is 12.2. The van der Waals surface area contributed by atoms with Gasteiger partial charge < -0.3 is 15.2 Å². The van der Waals surface area contributed by atoms with Crippen LogP contribution in [0, 0.1) is 5.92 Å². The van der Waals surface area contributed by atoms with Crippen LogP contribution in [0.4, 0.5) is 5.82 Å². The van der Waals surface area contributed by atoms with Gasteiger partial charge >= 0.3 is 5.97 Å². The molecule has 1 rings (SSSR count). The monoisotopic (exact) mass is 225 g/mol. The van der Waals surface area contributed by atoms with Crippen LogP contribution in [0.15, 0.2) is 12.4 Å². The minimum absolute atomic E-state index is 0.369. The minimum Gasteiger partial charge on any atom is -0.481 e. The molecule has 0 bridgehead atoms. The second-order valence-corrected chi connectivity index (χ2v) is 3.40. The van der Waals surface area contributed by atoms with E-state index in [4.69, 9.17) is 9.84 Å². The third-order valence-electron chi connectivity index (χ3n) is 2.13. The van der Waals surface area contributed by atoms with Gasteiger partial charge in [0.15, 0.2) is 0 Å². The van der Waals surface area contributed by atoms with Gasteiger partial charge in [-0.25, -0.2) is 0 Å². The van der Waals surface area contributed by atoms with E-state index in [0.29, 0.717) is 24.7 Å². The Morgan fingerprint density at radius 3 is 3.00 bits per heavy atom. The highest BCUT2D eigenvalue weighted by atomic mass is 16.5. The molecule has 0 saturated heterocycles. The molecule has 0 aliphatic rings. The molecule has 0 fully saturated rings. The topological polar surface area (TPSA) is 84.3 Å². The van der Waals surface area contributed by atoms with E-state index in [1.165, 1.54) is 13.3 Å². The lowest BCUT2D eigenvalue weighted by atomic mass is 10.1. The van der Waals surface area contributed by atoms with Crippen LogP contribution in [0.5, 0.6) is 5.88 Å². The largest absolute Gasteiger partial charge is 0.481 e. The Morgan fingerprint density at radius 2 is 2.38 bits per heavy atom. The highest BCUT2D eigenvalue weighted by molar-refractivity contribution is 5.69. The summed E-state index contributed by atoms with van der Waals surface area (Å²) in [6.45, 7) is 2.20. The molecular formula is C10H15N3O3. The first-order chi connectivity index (χ1) is 7.63. The summed E-state index contributed by atoms with van der Waals surface area (Å²) in [5.74, 6) is -0.155. The van der Waals surface area contributed by atoms with E-state index in [1.54, 1.807) is 13.1 Å². The lowest BCUT2D eigenvalue weighted by Gasteiger charge is -2.08. The van der Waals surface area contributed by atoms with Crippen molar-refractivity contribution >= 4 is 11.8 Å². The number of anilines is 1. The van der Waals surface area contributed by atoms with Crippen molar-refractivity contribution in [1.29, 1.82) is 0 Å². The van der Waals surface area contributed by atoms with Gasteiger partial charge in [-0.15, -0.1) is 0 Å². The Morgan fingerprint density at radius 1 is 1.62 bits per heavy atom. The van der Waals surface area contributed by atoms with Crippen LogP contribution in [0.3, 0.4) is 0 Å². The number of rotatable bonds is 6. The standard InChI is InChI=1S/C10H15N3O3/c1-7(10(14)15)3-4-12-8-5-11-6-9(13-8)16-2/h5-7H,3-4H2,1-2H3,(H,12,13)(H,14,15). The molecule has 0 aromatic carbocycles. The highest BCUT2D eigenvalue weighted by Gasteiger charge is 2.09. The van der Waals surface area contributed by atoms with E-state index >= 15 is 0 Å². The van der Waals surface area contributed by atoms with Crippen molar-refractivity contribution in [3.8, 4) is 5.88 Å². The summed E-state index contributed by atoms with van der Waals surface area (Å²) in [4.78, 5) is 18.6.